The summed E-state index contributed by atoms with van der Waals surface area (Å²) in [6.07, 6.45) is 8.89. The Morgan fingerprint density at radius 3 is 2.80 bits per heavy atom. The number of carbonyl (C=O) groups excluding carboxylic acids is 1. The van der Waals surface area contributed by atoms with Crippen molar-refractivity contribution in [1.29, 1.82) is 5.26 Å². The smallest absolute Gasteiger partial charge is 0.257 e. The summed E-state index contributed by atoms with van der Waals surface area (Å²) in [5.41, 5.74) is 1.44. The van der Waals surface area contributed by atoms with Gasteiger partial charge < -0.3 is 10.1 Å². The largest absolute Gasteiger partial charge is 0.492 e. The Morgan fingerprint density at radius 1 is 1.24 bits per heavy atom. The average Bonchev–Trinajstić information content (AvgIpc) is 2.66. The summed E-state index contributed by atoms with van der Waals surface area (Å²) >= 11 is 0. The first-order valence-electron chi connectivity index (χ1n) is 8.63. The predicted molar refractivity (Wildman–Crippen MR) is 97.6 cm³/mol. The molecule has 130 valence electrons. The minimum absolute atomic E-state index is 0.262. The highest BCUT2D eigenvalue weighted by molar-refractivity contribution is 6.04. The molecule has 1 N–H and O–H groups in total. The highest BCUT2D eigenvalue weighted by Gasteiger charge is 2.09. The molecular formula is C20H23N3O2. The van der Waals surface area contributed by atoms with Crippen molar-refractivity contribution in [3.63, 3.8) is 0 Å². The van der Waals surface area contributed by atoms with E-state index in [1.807, 2.05) is 0 Å². The molecule has 25 heavy (non-hydrogen) atoms. The fourth-order valence-electron chi connectivity index (χ4n) is 2.41. The standard InChI is InChI=1S/C20H23N3O2/c1-2-3-4-5-6-12-25-19-10-9-18(13-17(19)14-21)23-20(24)16-8-7-11-22-15-16/h7-11,13,15H,2-6,12H2,1H3,(H,23,24). The molecule has 1 amide bonds. The van der Waals surface area contributed by atoms with Gasteiger partial charge in [-0.3, -0.25) is 9.78 Å². The Balaban J connectivity index is 1.92. The second kappa shape index (κ2) is 10.1. The molecule has 0 saturated heterocycles. The second-order valence-electron chi connectivity index (χ2n) is 5.78. The number of aromatic nitrogens is 1. The van der Waals surface area contributed by atoms with E-state index in [9.17, 15) is 10.1 Å². The maximum Gasteiger partial charge on any atom is 0.257 e. The Kier molecular flexibility index (Phi) is 7.45. The van der Waals surface area contributed by atoms with Crippen LogP contribution >= 0.6 is 0 Å². The van der Waals surface area contributed by atoms with E-state index in [0.29, 0.717) is 29.2 Å². The first-order valence-corrected chi connectivity index (χ1v) is 8.63. The van der Waals surface area contributed by atoms with Crippen molar-refractivity contribution >= 4 is 11.6 Å². The maximum absolute atomic E-state index is 12.1. The van der Waals surface area contributed by atoms with Crippen LogP contribution in [0.5, 0.6) is 5.75 Å². The van der Waals surface area contributed by atoms with E-state index in [1.54, 1.807) is 36.5 Å². The topological polar surface area (TPSA) is 75.0 Å². The number of ether oxygens (including phenoxy) is 1. The lowest BCUT2D eigenvalue weighted by atomic mass is 10.1. The lowest BCUT2D eigenvalue weighted by molar-refractivity contribution is 0.102. The van der Waals surface area contributed by atoms with Crippen LogP contribution in [0, 0.1) is 11.3 Å². The first-order chi connectivity index (χ1) is 12.2. The third-order valence-corrected chi connectivity index (χ3v) is 3.79. The van der Waals surface area contributed by atoms with E-state index in [1.165, 1.54) is 25.5 Å². The van der Waals surface area contributed by atoms with Crippen LogP contribution in [0.2, 0.25) is 0 Å². The van der Waals surface area contributed by atoms with Crippen LogP contribution in [-0.4, -0.2) is 17.5 Å². The van der Waals surface area contributed by atoms with Gasteiger partial charge in [0.05, 0.1) is 17.7 Å². The van der Waals surface area contributed by atoms with Crippen molar-refractivity contribution < 1.29 is 9.53 Å². The lowest BCUT2D eigenvalue weighted by Crippen LogP contribution is -2.12. The molecule has 1 aromatic carbocycles. The number of hydrogen-bond donors (Lipinski definition) is 1. The molecular weight excluding hydrogens is 314 g/mol. The number of nitriles is 1. The van der Waals surface area contributed by atoms with Gasteiger partial charge in [0.15, 0.2) is 0 Å². The highest BCUT2D eigenvalue weighted by atomic mass is 16.5. The molecule has 0 saturated carbocycles. The van der Waals surface area contributed by atoms with E-state index in [2.05, 4.69) is 23.3 Å². The van der Waals surface area contributed by atoms with E-state index in [4.69, 9.17) is 4.74 Å². The molecule has 0 spiro atoms. The van der Waals surface area contributed by atoms with Gasteiger partial charge in [-0.05, 0) is 36.8 Å². The Labute approximate surface area is 148 Å². The van der Waals surface area contributed by atoms with Crippen molar-refractivity contribution in [3.05, 3.63) is 53.9 Å². The molecule has 0 aliphatic carbocycles. The van der Waals surface area contributed by atoms with Gasteiger partial charge in [0.1, 0.15) is 11.8 Å². The molecule has 1 aromatic heterocycles. The zero-order valence-corrected chi connectivity index (χ0v) is 14.5. The quantitative estimate of drug-likeness (QED) is 0.681. The second-order valence-corrected chi connectivity index (χ2v) is 5.78. The summed E-state index contributed by atoms with van der Waals surface area (Å²) in [5, 5.41) is 12.1. The third-order valence-electron chi connectivity index (χ3n) is 3.79. The van der Waals surface area contributed by atoms with Gasteiger partial charge in [-0.1, -0.05) is 32.6 Å². The zero-order valence-electron chi connectivity index (χ0n) is 14.5. The van der Waals surface area contributed by atoms with Crippen molar-refractivity contribution in [2.45, 2.75) is 39.0 Å². The summed E-state index contributed by atoms with van der Waals surface area (Å²) in [6.45, 7) is 2.78. The minimum atomic E-state index is -0.262. The van der Waals surface area contributed by atoms with E-state index in [-0.39, 0.29) is 5.91 Å². The molecule has 0 atom stereocenters. The van der Waals surface area contributed by atoms with Gasteiger partial charge in [-0.25, -0.2) is 0 Å². The molecule has 0 fully saturated rings. The zero-order chi connectivity index (χ0) is 17.9. The predicted octanol–water partition coefficient (Wildman–Crippen LogP) is 4.55. The molecule has 5 nitrogen and oxygen atoms in total. The Bertz CT molecular complexity index is 723. The van der Waals surface area contributed by atoms with Crippen LogP contribution in [0.3, 0.4) is 0 Å². The number of carbonyl (C=O) groups is 1. The molecule has 0 aliphatic heterocycles. The van der Waals surface area contributed by atoms with E-state index < -0.39 is 0 Å². The van der Waals surface area contributed by atoms with Crippen LogP contribution in [-0.2, 0) is 0 Å². The van der Waals surface area contributed by atoms with Crippen LogP contribution in [0.25, 0.3) is 0 Å². The summed E-state index contributed by atoms with van der Waals surface area (Å²) in [6, 6.07) is 10.6. The Morgan fingerprint density at radius 2 is 2.08 bits per heavy atom. The first kappa shape index (κ1) is 18.5. The molecule has 1 heterocycles. The number of hydrogen-bond acceptors (Lipinski definition) is 4. The number of anilines is 1. The number of nitrogens with one attached hydrogen (secondary N) is 1. The minimum Gasteiger partial charge on any atom is -0.492 e. The van der Waals surface area contributed by atoms with Crippen molar-refractivity contribution in [3.8, 4) is 11.8 Å². The number of unbranched alkanes of at least 4 members (excludes halogenated alkanes) is 4. The lowest BCUT2D eigenvalue weighted by Gasteiger charge is -2.10. The molecule has 2 rings (SSSR count). The molecule has 2 aromatic rings. The molecule has 0 bridgehead atoms. The van der Waals surface area contributed by atoms with Gasteiger partial charge in [0, 0.05) is 18.1 Å². The van der Waals surface area contributed by atoms with Gasteiger partial charge >= 0.3 is 0 Å². The van der Waals surface area contributed by atoms with Gasteiger partial charge in [-0.15, -0.1) is 0 Å². The van der Waals surface area contributed by atoms with Crippen LogP contribution in [0.4, 0.5) is 5.69 Å². The number of rotatable bonds is 9. The van der Waals surface area contributed by atoms with Gasteiger partial charge in [0.2, 0.25) is 0 Å². The normalized spacial score (nSPS) is 10.1. The number of amides is 1. The monoisotopic (exact) mass is 337 g/mol. The molecule has 0 aliphatic rings. The van der Waals surface area contributed by atoms with E-state index >= 15 is 0 Å². The van der Waals surface area contributed by atoms with Crippen molar-refractivity contribution in [1.82, 2.24) is 4.98 Å². The summed E-state index contributed by atoms with van der Waals surface area (Å²) in [7, 11) is 0. The highest BCUT2D eigenvalue weighted by Crippen LogP contribution is 2.23. The van der Waals surface area contributed by atoms with Crippen molar-refractivity contribution in [2.75, 3.05) is 11.9 Å². The number of pyridine rings is 1. The third kappa shape index (κ3) is 5.92. The number of benzene rings is 1. The van der Waals surface area contributed by atoms with Crippen molar-refractivity contribution in [2.24, 2.45) is 0 Å². The van der Waals surface area contributed by atoms with Gasteiger partial charge in [-0.2, -0.15) is 5.26 Å². The Hall–Kier alpha value is -2.87. The van der Waals surface area contributed by atoms with E-state index in [0.717, 1.165) is 12.8 Å². The van der Waals surface area contributed by atoms with Crippen LogP contribution < -0.4 is 10.1 Å². The molecule has 5 heteroatoms. The fourth-order valence-corrected chi connectivity index (χ4v) is 2.41. The summed E-state index contributed by atoms with van der Waals surface area (Å²) in [4.78, 5) is 16.1. The number of nitrogens with zero attached hydrogens (tertiary/aromatic N) is 2. The average molecular weight is 337 g/mol. The maximum atomic E-state index is 12.1. The summed E-state index contributed by atoms with van der Waals surface area (Å²) in [5.74, 6) is 0.291. The van der Waals surface area contributed by atoms with Crippen LogP contribution in [0.15, 0.2) is 42.7 Å². The van der Waals surface area contributed by atoms with Crippen LogP contribution in [0.1, 0.15) is 54.9 Å². The fraction of sp³-hybridized carbons (Fsp3) is 0.350. The molecule has 0 unspecified atom stereocenters. The molecule has 0 radical (unpaired) electrons. The SMILES string of the molecule is CCCCCCCOc1ccc(NC(=O)c2cccnc2)cc1C#N. The summed E-state index contributed by atoms with van der Waals surface area (Å²) < 4.78 is 5.71. The van der Waals surface area contributed by atoms with Gasteiger partial charge in [0.25, 0.3) is 5.91 Å².